The summed E-state index contributed by atoms with van der Waals surface area (Å²) in [5, 5.41) is 8.18. The summed E-state index contributed by atoms with van der Waals surface area (Å²) in [6.07, 6.45) is -0.323. The van der Waals surface area contributed by atoms with Gasteiger partial charge >= 0.3 is 24.2 Å². The molecule has 0 aliphatic carbocycles. The lowest BCUT2D eigenvalue weighted by Gasteiger charge is -2.49. The second-order valence-corrected chi connectivity index (χ2v) is 13.9. The number of guanidine groups is 2. The minimum absolute atomic E-state index is 0.0212. The molecule has 2 aromatic rings. The molecule has 3 fully saturated rings. The van der Waals surface area contributed by atoms with Gasteiger partial charge in [0.2, 0.25) is 17.8 Å². The van der Waals surface area contributed by atoms with Crippen LogP contribution in [0.3, 0.4) is 0 Å². The molecule has 0 saturated carbocycles. The van der Waals surface area contributed by atoms with Crippen molar-refractivity contribution in [1.29, 1.82) is 0 Å². The third-order valence-electron chi connectivity index (χ3n) is 10.1. The fourth-order valence-electron chi connectivity index (χ4n) is 6.98. The minimum atomic E-state index is -1.05. The number of rotatable bonds is 9. The summed E-state index contributed by atoms with van der Waals surface area (Å²) in [5.41, 5.74) is 6.96. The van der Waals surface area contributed by atoms with Gasteiger partial charge in [-0.25, -0.2) is 19.2 Å². The summed E-state index contributed by atoms with van der Waals surface area (Å²) in [6, 6.07) is 15.9. The second kappa shape index (κ2) is 19.5. The van der Waals surface area contributed by atoms with Crippen LogP contribution in [0.1, 0.15) is 30.4 Å². The molecule has 0 radical (unpaired) electrons. The molecule has 19 heteroatoms. The molecule has 4 aliphatic heterocycles. The van der Waals surface area contributed by atoms with Gasteiger partial charge in [-0.15, -0.1) is 0 Å². The maximum atomic E-state index is 14.0. The third kappa shape index (κ3) is 10.7. The van der Waals surface area contributed by atoms with E-state index in [0.717, 1.165) is 41.5 Å². The lowest BCUT2D eigenvalue weighted by Crippen LogP contribution is -2.72. The van der Waals surface area contributed by atoms with E-state index >= 15 is 0 Å². The number of carbonyl (C=O) groups is 6. The largest absolute Gasteiger partial charge is 0.444 e. The molecule has 304 valence electrons. The first-order chi connectivity index (χ1) is 27.7. The number of hydrogen-bond donors (Lipinski definition) is 4. The van der Waals surface area contributed by atoms with Crippen molar-refractivity contribution in [2.24, 2.45) is 21.6 Å². The molecule has 5 N–H and O–H groups in total. The number of primary amides is 1. The van der Waals surface area contributed by atoms with Gasteiger partial charge in [0, 0.05) is 72.0 Å². The quantitative estimate of drug-likeness (QED) is 0.123. The Bertz CT molecular complexity index is 1750. The Balaban J connectivity index is 1.09. The van der Waals surface area contributed by atoms with Crippen molar-refractivity contribution in [3.05, 3.63) is 71.8 Å². The highest BCUT2D eigenvalue weighted by Gasteiger charge is 2.56. The van der Waals surface area contributed by atoms with Gasteiger partial charge < -0.3 is 40.1 Å². The number of imide groups is 1. The van der Waals surface area contributed by atoms with Crippen LogP contribution < -0.4 is 21.7 Å². The Hall–Kier alpha value is -6.40. The number of β-lactam (4-membered cyclic amide) rings is 1. The number of nitrogens with two attached hydrogens (primary N) is 1. The van der Waals surface area contributed by atoms with Gasteiger partial charge in [-0.05, 0) is 30.4 Å². The molecule has 4 aliphatic rings. The SMILES string of the molecule is NC(=O)N1CCN(C(=O)[C@@H]2[C@@H](CCCN=C(NC(=O)OCc3ccccc3)NC(=O)OCc3ccccc3)C(=O)N2C(=O)N2CCN(C3=NCCCN3)CC2)CC1. The van der Waals surface area contributed by atoms with E-state index in [9.17, 15) is 28.8 Å². The molecule has 0 spiro atoms. The van der Waals surface area contributed by atoms with Crippen LogP contribution in [0, 0.1) is 5.92 Å². The summed E-state index contributed by atoms with van der Waals surface area (Å²) in [6.45, 7) is 4.21. The van der Waals surface area contributed by atoms with Crippen LogP contribution in [-0.4, -0.2) is 151 Å². The Kier molecular flexibility index (Phi) is 13.7. The number of alkyl carbamates (subject to hydrolysis) is 2. The predicted octanol–water partition coefficient (Wildman–Crippen LogP) is 1.11. The molecule has 0 unspecified atom stereocenters. The van der Waals surface area contributed by atoms with Crippen LogP contribution in [0.2, 0.25) is 0 Å². The lowest BCUT2D eigenvalue weighted by atomic mass is 9.82. The first-order valence-corrected chi connectivity index (χ1v) is 19.2. The predicted molar refractivity (Wildman–Crippen MR) is 206 cm³/mol. The number of hydrogen-bond acceptors (Lipinski definition) is 12. The Morgan fingerprint density at radius 2 is 1.35 bits per heavy atom. The van der Waals surface area contributed by atoms with Gasteiger partial charge in [0.15, 0.2) is 5.96 Å². The molecule has 57 heavy (non-hydrogen) atoms. The summed E-state index contributed by atoms with van der Waals surface area (Å²) >= 11 is 0. The summed E-state index contributed by atoms with van der Waals surface area (Å²) in [4.78, 5) is 95.4. The fraction of sp³-hybridized carbons (Fsp3) is 0.474. The highest BCUT2D eigenvalue weighted by Crippen LogP contribution is 2.34. The molecule has 3 saturated heterocycles. The van der Waals surface area contributed by atoms with E-state index in [4.69, 9.17) is 15.2 Å². The number of nitrogens with zero attached hydrogens (tertiary/aromatic N) is 7. The molecular weight excluding hydrogens is 738 g/mol. The van der Waals surface area contributed by atoms with Crippen molar-refractivity contribution in [1.82, 2.24) is 40.4 Å². The summed E-state index contributed by atoms with van der Waals surface area (Å²) in [7, 11) is 0. The van der Waals surface area contributed by atoms with Crippen LogP contribution in [-0.2, 0) is 32.3 Å². The number of aliphatic imine (C=N–C) groups is 2. The zero-order chi connectivity index (χ0) is 40.1. The van der Waals surface area contributed by atoms with Crippen LogP contribution in [0.5, 0.6) is 0 Å². The number of carbonyl (C=O) groups excluding carboxylic acids is 6. The van der Waals surface area contributed by atoms with E-state index in [1.165, 1.54) is 4.90 Å². The number of ether oxygens (including phenoxy) is 2. The average molecular weight is 788 g/mol. The normalized spacial score (nSPS) is 19.3. The van der Waals surface area contributed by atoms with Gasteiger partial charge in [0.25, 0.3) is 0 Å². The fourth-order valence-corrected chi connectivity index (χ4v) is 6.98. The average Bonchev–Trinajstić information content (AvgIpc) is 3.24. The number of amides is 8. The first kappa shape index (κ1) is 40.3. The van der Waals surface area contributed by atoms with Crippen LogP contribution in [0.15, 0.2) is 70.6 Å². The van der Waals surface area contributed by atoms with Crippen LogP contribution >= 0.6 is 0 Å². The van der Waals surface area contributed by atoms with Gasteiger partial charge in [0.1, 0.15) is 19.3 Å². The van der Waals surface area contributed by atoms with Gasteiger partial charge in [-0.3, -0.25) is 35.1 Å². The van der Waals surface area contributed by atoms with Crippen molar-refractivity contribution in [3.8, 4) is 0 Å². The second-order valence-electron chi connectivity index (χ2n) is 13.9. The Morgan fingerprint density at radius 3 is 1.89 bits per heavy atom. The highest BCUT2D eigenvalue weighted by molar-refractivity contribution is 6.09. The number of likely N-dealkylation sites (tertiary alicyclic amines) is 1. The molecule has 4 heterocycles. The molecule has 19 nitrogen and oxygen atoms in total. The lowest BCUT2D eigenvalue weighted by molar-refractivity contribution is -0.164. The summed E-state index contributed by atoms with van der Waals surface area (Å²) < 4.78 is 10.6. The smallest absolute Gasteiger partial charge is 0.414 e. The molecule has 8 amide bonds. The van der Waals surface area contributed by atoms with Crippen molar-refractivity contribution in [2.75, 3.05) is 72.0 Å². The number of piperazine rings is 2. The van der Waals surface area contributed by atoms with Gasteiger partial charge in [-0.2, -0.15) is 0 Å². The van der Waals surface area contributed by atoms with Crippen molar-refractivity contribution in [3.63, 3.8) is 0 Å². The maximum absolute atomic E-state index is 14.0. The van der Waals surface area contributed by atoms with E-state index in [0.29, 0.717) is 26.2 Å². The Morgan fingerprint density at radius 1 is 0.789 bits per heavy atom. The maximum Gasteiger partial charge on any atom is 0.414 e. The molecule has 0 aromatic heterocycles. The third-order valence-corrected chi connectivity index (χ3v) is 10.1. The van der Waals surface area contributed by atoms with Crippen molar-refractivity contribution in [2.45, 2.75) is 38.5 Å². The van der Waals surface area contributed by atoms with E-state index < -0.39 is 42.1 Å². The highest BCUT2D eigenvalue weighted by atomic mass is 16.6. The zero-order valence-electron chi connectivity index (χ0n) is 31.7. The number of urea groups is 2. The van der Waals surface area contributed by atoms with Crippen molar-refractivity contribution < 1.29 is 38.2 Å². The Labute approximate surface area is 330 Å². The van der Waals surface area contributed by atoms with E-state index in [1.54, 1.807) is 34.1 Å². The number of benzene rings is 2. The van der Waals surface area contributed by atoms with E-state index in [2.05, 4.69) is 30.8 Å². The first-order valence-electron chi connectivity index (χ1n) is 19.2. The van der Waals surface area contributed by atoms with Crippen LogP contribution in [0.25, 0.3) is 0 Å². The van der Waals surface area contributed by atoms with Gasteiger partial charge in [0.05, 0.1) is 5.92 Å². The zero-order valence-corrected chi connectivity index (χ0v) is 31.7. The standard InChI is InChI=1S/C38H49N11O8/c39-33(52)46-19-17-45(18-20-46)32(51)30-29(31(50)49(30)38(55)48-23-21-47(22-24-48)35-41-15-8-16-42-35)13-7-14-40-34(43-36(53)56-25-27-9-3-1-4-10-27)44-37(54)57-26-28-11-5-2-6-12-28/h1-6,9-12,29-30H,7-8,13-26H2,(H2,39,52)(H,41,42)(H2,40,43,44,53,54)/t29-,30+/m1/s1. The van der Waals surface area contributed by atoms with Crippen LogP contribution in [0.4, 0.5) is 19.2 Å². The molecule has 2 aromatic carbocycles. The molecular formula is C38H49N11O8. The molecule has 2 atom stereocenters. The summed E-state index contributed by atoms with van der Waals surface area (Å²) in [5.74, 6) is -1.09. The molecule has 0 bridgehead atoms. The number of nitrogens with one attached hydrogen (secondary N) is 3. The topological polar surface area (TPSA) is 224 Å². The van der Waals surface area contributed by atoms with Gasteiger partial charge in [-0.1, -0.05) is 60.7 Å². The van der Waals surface area contributed by atoms with E-state index in [-0.39, 0.29) is 70.6 Å². The molecule has 6 rings (SSSR count). The van der Waals surface area contributed by atoms with Crippen molar-refractivity contribution >= 4 is 48.0 Å². The monoisotopic (exact) mass is 787 g/mol. The minimum Gasteiger partial charge on any atom is -0.444 e. The van der Waals surface area contributed by atoms with E-state index in [1.807, 2.05) is 36.4 Å².